The Labute approximate surface area is 168 Å². The minimum Gasteiger partial charge on any atom is -0.341 e. The lowest BCUT2D eigenvalue weighted by molar-refractivity contribution is -0.144. The normalized spacial score (nSPS) is 20.2. The molecule has 2 aromatic rings. The quantitative estimate of drug-likeness (QED) is 0.867. The number of piperidine rings is 2. The van der Waals surface area contributed by atoms with Crippen molar-refractivity contribution >= 4 is 5.91 Å². The predicted octanol–water partition coefficient (Wildman–Crippen LogP) is 3.14. The molecule has 150 valence electrons. The summed E-state index contributed by atoms with van der Waals surface area (Å²) in [6, 6.07) is 10.8. The number of rotatable bonds is 5. The molecule has 3 heterocycles. The van der Waals surface area contributed by atoms with Crippen molar-refractivity contribution in [3.05, 3.63) is 53.9 Å². The summed E-state index contributed by atoms with van der Waals surface area (Å²) in [6.07, 6.45) is 9.98. The van der Waals surface area contributed by atoms with Crippen LogP contribution in [0.5, 0.6) is 0 Å². The number of benzene rings is 1. The molecule has 2 aliphatic heterocycles. The number of aromatic nitrogens is 2. The van der Waals surface area contributed by atoms with E-state index in [0.29, 0.717) is 0 Å². The molecule has 0 atom stereocenters. The Hall–Kier alpha value is -2.14. The average Bonchev–Trinajstić information content (AvgIpc) is 3.29. The van der Waals surface area contributed by atoms with Gasteiger partial charge < -0.3 is 10.2 Å². The first-order valence-electron chi connectivity index (χ1n) is 10.7. The highest BCUT2D eigenvalue weighted by molar-refractivity contribution is 5.84. The van der Waals surface area contributed by atoms with E-state index in [-0.39, 0.29) is 5.91 Å². The number of amides is 1. The van der Waals surface area contributed by atoms with Gasteiger partial charge in [-0.1, -0.05) is 29.8 Å². The minimum atomic E-state index is -0.497. The van der Waals surface area contributed by atoms with E-state index in [4.69, 9.17) is 0 Å². The van der Waals surface area contributed by atoms with E-state index in [9.17, 15) is 4.79 Å². The number of nitrogens with zero attached hydrogens (tertiary/aromatic N) is 3. The predicted molar refractivity (Wildman–Crippen MR) is 111 cm³/mol. The van der Waals surface area contributed by atoms with Crippen LogP contribution >= 0.6 is 0 Å². The fourth-order valence-electron chi connectivity index (χ4n) is 4.75. The van der Waals surface area contributed by atoms with E-state index in [2.05, 4.69) is 46.5 Å². The highest BCUT2D eigenvalue weighted by Crippen LogP contribution is 2.32. The van der Waals surface area contributed by atoms with Gasteiger partial charge in [0, 0.05) is 25.5 Å². The van der Waals surface area contributed by atoms with E-state index >= 15 is 0 Å². The molecular formula is C23H32N4O. The van der Waals surface area contributed by atoms with Gasteiger partial charge in [-0.05, 0) is 76.1 Å². The Morgan fingerprint density at radius 2 is 1.89 bits per heavy atom. The molecule has 2 aliphatic rings. The fourth-order valence-corrected chi connectivity index (χ4v) is 4.75. The van der Waals surface area contributed by atoms with Crippen molar-refractivity contribution in [2.45, 2.75) is 51.0 Å². The number of likely N-dealkylation sites (tertiary alicyclic amines) is 1. The SMILES string of the molecule is Cc1ccc(CCC2CCN(C(=O)C3(n4cccn4)CCNCC3)CC2)cc1. The van der Waals surface area contributed by atoms with Crippen LogP contribution in [0.15, 0.2) is 42.7 Å². The van der Waals surface area contributed by atoms with Crippen LogP contribution in [0.4, 0.5) is 0 Å². The molecule has 0 saturated carbocycles. The summed E-state index contributed by atoms with van der Waals surface area (Å²) in [4.78, 5) is 15.6. The molecule has 2 saturated heterocycles. The molecule has 1 N–H and O–H groups in total. The monoisotopic (exact) mass is 380 g/mol. The van der Waals surface area contributed by atoms with Crippen molar-refractivity contribution in [1.29, 1.82) is 0 Å². The van der Waals surface area contributed by atoms with Gasteiger partial charge in [-0.3, -0.25) is 9.48 Å². The van der Waals surface area contributed by atoms with E-state index in [1.165, 1.54) is 17.5 Å². The van der Waals surface area contributed by atoms with Crippen LogP contribution in [0.2, 0.25) is 0 Å². The molecule has 28 heavy (non-hydrogen) atoms. The molecule has 5 heteroatoms. The van der Waals surface area contributed by atoms with Gasteiger partial charge >= 0.3 is 0 Å². The first-order chi connectivity index (χ1) is 13.7. The summed E-state index contributed by atoms with van der Waals surface area (Å²) in [5.74, 6) is 0.994. The molecule has 0 aliphatic carbocycles. The molecule has 0 unspecified atom stereocenters. The first kappa shape index (κ1) is 19.2. The maximum Gasteiger partial charge on any atom is 0.250 e. The van der Waals surface area contributed by atoms with Gasteiger partial charge in [-0.25, -0.2) is 0 Å². The van der Waals surface area contributed by atoms with E-state index < -0.39 is 5.54 Å². The van der Waals surface area contributed by atoms with Crippen LogP contribution in [0.3, 0.4) is 0 Å². The number of aryl methyl sites for hydroxylation is 2. The van der Waals surface area contributed by atoms with Crippen LogP contribution < -0.4 is 5.32 Å². The summed E-state index contributed by atoms with van der Waals surface area (Å²) in [5.41, 5.74) is 2.25. The summed E-state index contributed by atoms with van der Waals surface area (Å²) < 4.78 is 1.92. The standard InChI is InChI=1S/C23H32N4O/c1-19-3-5-20(6-4-19)7-8-21-9-17-26(18-10-21)22(28)23(11-14-24-15-12-23)27-16-2-13-25-27/h2-6,13,16,21,24H,7-12,14-15,17-18H2,1H3. The molecule has 2 fully saturated rings. The Bertz CT molecular complexity index is 754. The van der Waals surface area contributed by atoms with Gasteiger partial charge in [0.05, 0.1) is 0 Å². The van der Waals surface area contributed by atoms with E-state index in [1.54, 1.807) is 6.20 Å². The van der Waals surface area contributed by atoms with E-state index in [1.807, 2.05) is 16.9 Å². The summed E-state index contributed by atoms with van der Waals surface area (Å²) >= 11 is 0. The molecule has 0 radical (unpaired) electrons. The molecular weight excluding hydrogens is 348 g/mol. The third-order valence-corrected chi connectivity index (χ3v) is 6.64. The van der Waals surface area contributed by atoms with Crippen LogP contribution in [0.25, 0.3) is 0 Å². The van der Waals surface area contributed by atoms with Gasteiger partial charge in [0.15, 0.2) is 0 Å². The zero-order chi connectivity index (χ0) is 19.4. The summed E-state index contributed by atoms with van der Waals surface area (Å²) in [7, 11) is 0. The van der Waals surface area contributed by atoms with Gasteiger partial charge in [0.2, 0.25) is 0 Å². The molecule has 0 spiro atoms. The molecule has 1 amide bonds. The molecule has 0 bridgehead atoms. The maximum atomic E-state index is 13.5. The third kappa shape index (κ3) is 4.00. The largest absolute Gasteiger partial charge is 0.341 e. The second-order valence-corrected chi connectivity index (χ2v) is 8.49. The van der Waals surface area contributed by atoms with Crippen molar-refractivity contribution < 1.29 is 4.79 Å². The smallest absolute Gasteiger partial charge is 0.250 e. The topological polar surface area (TPSA) is 50.2 Å². The maximum absolute atomic E-state index is 13.5. The number of nitrogens with one attached hydrogen (secondary N) is 1. The third-order valence-electron chi connectivity index (χ3n) is 6.64. The Morgan fingerprint density at radius 1 is 1.18 bits per heavy atom. The van der Waals surface area contributed by atoms with Gasteiger partial charge in [0.25, 0.3) is 5.91 Å². The number of carbonyl (C=O) groups excluding carboxylic acids is 1. The lowest BCUT2D eigenvalue weighted by Gasteiger charge is -2.42. The van der Waals surface area contributed by atoms with Crippen LogP contribution in [-0.2, 0) is 16.8 Å². The number of hydrogen-bond donors (Lipinski definition) is 1. The Kier molecular flexibility index (Phi) is 5.81. The van der Waals surface area contributed by atoms with Crippen LogP contribution in [0.1, 0.15) is 43.2 Å². The zero-order valence-electron chi connectivity index (χ0n) is 16.9. The lowest BCUT2D eigenvalue weighted by Crippen LogP contribution is -2.57. The summed E-state index contributed by atoms with van der Waals surface area (Å²) in [6.45, 7) is 5.65. The van der Waals surface area contributed by atoms with Crippen LogP contribution in [0, 0.1) is 12.8 Å². The van der Waals surface area contributed by atoms with Gasteiger partial charge in [-0.15, -0.1) is 0 Å². The van der Waals surface area contributed by atoms with Gasteiger partial charge in [0.1, 0.15) is 5.54 Å². The minimum absolute atomic E-state index is 0.273. The number of carbonyl (C=O) groups is 1. The van der Waals surface area contributed by atoms with Crippen molar-refractivity contribution in [2.75, 3.05) is 26.2 Å². The van der Waals surface area contributed by atoms with Crippen molar-refractivity contribution in [1.82, 2.24) is 20.0 Å². The Balaban J connectivity index is 1.34. The second kappa shape index (κ2) is 8.48. The average molecular weight is 381 g/mol. The highest BCUT2D eigenvalue weighted by atomic mass is 16.2. The number of hydrogen-bond acceptors (Lipinski definition) is 3. The fraction of sp³-hybridized carbons (Fsp3) is 0.565. The molecule has 5 nitrogen and oxygen atoms in total. The summed E-state index contributed by atoms with van der Waals surface area (Å²) in [5, 5.41) is 7.84. The van der Waals surface area contributed by atoms with Crippen molar-refractivity contribution in [3.8, 4) is 0 Å². The van der Waals surface area contributed by atoms with Crippen molar-refractivity contribution in [3.63, 3.8) is 0 Å². The lowest BCUT2D eigenvalue weighted by atomic mass is 9.84. The Morgan fingerprint density at radius 3 is 2.54 bits per heavy atom. The first-order valence-corrected chi connectivity index (χ1v) is 10.7. The highest BCUT2D eigenvalue weighted by Gasteiger charge is 2.44. The van der Waals surface area contributed by atoms with Gasteiger partial charge in [-0.2, -0.15) is 5.10 Å². The van der Waals surface area contributed by atoms with Crippen molar-refractivity contribution in [2.24, 2.45) is 5.92 Å². The second-order valence-electron chi connectivity index (χ2n) is 8.49. The molecule has 4 rings (SSSR count). The van der Waals surface area contributed by atoms with Crippen LogP contribution in [-0.4, -0.2) is 46.8 Å². The zero-order valence-corrected chi connectivity index (χ0v) is 16.9. The molecule has 1 aromatic heterocycles. The van der Waals surface area contributed by atoms with E-state index in [0.717, 1.165) is 64.2 Å². The molecule has 1 aromatic carbocycles.